The highest BCUT2D eigenvalue weighted by molar-refractivity contribution is 5.69. The second-order valence-electron chi connectivity index (χ2n) is 4.27. The zero-order valence-corrected chi connectivity index (χ0v) is 11.6. The quantitative estimate of drug-likeness (QED) is 0.181. The molecule has 0 heterocycles. The van der Waals surface area contributed by atoms with E-state index in [4.69, 9.17) is 10.3 Å². The molecule has 0 radical (unpaired) electrons. The van der Waals surface area contributed by atoms with Crippen LogP contribution >= 0.6 is 0 Å². The van der Waals surface area contributed by atoms with E-state index in [1.165, 1.54) is 12.1 Å². The van der Waals surface area contributed by atoms with Crippen LogP contribution in [0.5, 0.6) is 0 Å². The first-order valence-electron chi connectivity index (χ1n) is 6.52. The molecule has 1 atom stereocenters. The Hall–Kier alpha value is -2.60. The molecule has 1 unspecified atom stereocenters. The van der Waals surface area contributed by atoms with Crippen LogP contribution in [0.3, 0.4) is 0 Å². The molecule has 1 aromatic rings. The van der Waals surface area contributed by atoms with Crippen LogP contribution in [0, 0.1) is 10.1 Å². The first kappa shape index (κ1) is 16.5. The predicted molar refractivity (Wildman–Crippen MR) is 75.5 cm³/mol. The number of nitro benzene ring substituents is 1. The molecule has 0 saturated heterocycles. The largest absolute Gasteiger partial charge is 0.466 e. The van der Waals surface area contributed by atoms with Crippen molar-refractivity contribution in [2.24, 2.45) is 5.11 Å². The van der Waals surface area contributed by atoms with Crippen molar-refractivity contribution < 1.29 is 14.5 Å². The van der Waals surface area contributed by atoms with Crippen LogP contribution in [0.25, 0.3) is 10.4 Å². The second kappa shape index (κ2) is 8.55. The van der Waals surface area contributed by atoms with Crippen molar-refractivity contribution in [3.05, 3.63) is 50.4 Å². The van der Waals surface area contributed by atoms with E-state index >= 15 is 0 Å². The molecule has 0 amide bonds. The first-order chi connectivity index (χ1) is 10.1. The fourth-order valence-corrected chi connectivity index (χ4v) is 1.84. The average molecular weight is 292 g/mol. The number of nitrogens with zero attached hydrogens (tertiary/aromatic N) is 4. The molecular formula is C13H16N4O4. The van der Waals surface area contributed by atoms with Gasteiger partial charge in [0.1, 0.15) is 0 Å². The molecule has 0 bridgehead atoms. The molecule has 0 spiro atoms. The Balaban J connectivity index is 2.66. The minimum absolute atomic E-state index is 0.0232. The van der Waals surface area contributed by atoms with Gasteiger partial charge in [0.15, 0.2) is 0 Å². The minimum atomic E-state index is -0.493. The third-order valence-corrected chi connectivity index (χ3v) is 2.84. The number of benzene rings is 1. The lowest BCUT2D eigenvalue weighted by atomic mass is 10.0. The van der Waals surface area contributed by atoms with Gasteiger partial charge in [0, 0.05) is 23.5 Å². The summed E-state index contributed by atoms with van der Waals surface area (Å²) in [7, 11) is 0. The third kappa shape index (κ3) is 5.50. The molecule has 0 fully saturated rings. The van der Waals surface area contributed by atoms with E-state index in [1.54, 1.807) is 19.1 Å². The summed E-state index contributed by atoms with van der Waals surface area (Å²) in [4.78, 5) is 24.1. The van der Waals surface area contributed by atoms with E-state index in [0.29, 0.717) is 25.0 Å². The molecule has 112 valence electrons. The Bertz CT molecular complexity index is 538. The van der Waals surface area contributed by atoms with E-state index in [-0.39, 0.29) is 18.1 Å². The van der Waals surface area contributed by atoms with Crippen LogP contribution in [0.1, 0.15) is 37.8 Å². The van der Waals surface area contributed by atoms with Crippen LogP contribution in [-0.4, -0.2) is 17.5 Å². The Kier molecular flexibility index (Phi) is 6.70. The molecule has 1 aromatic carbocycles. The number of carbonyl (C=O) groups excluding carboxylic acids is 1. The highest BCUT2D eigenvalue weighted by Gasteiger charge is 2.13. The highest BCUT2D eigenvalue weighted by Crippen LogP contribution is 2.25. The Labute approximate surface area is 121 Å². The molecule has 8 heteroatoms. The van der Waals surface area contributed by atoms with Gasteiger partial charge in [-0.25, -0.2) is 0 Å². The van der Waals surface area contributed by atoms with Crippen molar-refractivity contribution in [1.29, 1.82) is 0 Å². The van der Waals surface area contributed by atoms with Crippen LogP contribution in [0.2, 0.25) is 0 Å². The van der Waals surface area contributed by atoms with Gasteiger partial charge in [-0.1, -0.05) is 17.2 Å². The van der Waals surface area contributed by atoms with Gasteiger partial charge in [-0.05, 0) is 30.9 Å². The van der Waals surface area contributed by atoms with Gasteiger partial charge in [-0.2, -0.15) is 0 Å². The second-order valence-corrected chi connectivity index (χ2v) is 4.27. The van der Waals surface area contributed by atoms with E-state index in [9.17, 15) is 14.9 Å². The minimum Gasteiger partial charge on any atom is -0.466 e. The van der Waals surface area contributed by atoms with E-state index in [1.807, 2.05) is 0 Å². The molecule has 0 saturated carbocycles. The van der Waals surface area contributed by atoms with Crippen molar-refractivity contribution in [2.45, 2.75) is 32.2 Å². The summed E-state index contributed by atoms with van der Waals surface area (Å²) in [5, 5.41) is 14.3. The summed E-state index contributed by atoms with van der Waals surface area (Å²) in [5.74, 6) is -0.291. The van der Waals surface area contributed by atoms with Crippen molar-refractivity contribution in [3.8, 4) is 0 Å². The normalized spacial score (nSPS) is 11.3. The molecular weight excluding hydrogens is 276 g/mol. The summed E-state index contributed by atoms with van der Waals surface area (Å²) in [6, 6.07) is 5.38. The van der Waals surface area contributed by atoms with Gasteiger partial charge in [0.25, 0.3) is 5.69 Å². The molecule has 8 nitrogen and oxygen atoms in total. The summed E-state index contributed by atoms with van der Waals surface area (Å²) in [6.45, 7) is 2.07. The third-order valence-electron chi connectivity index (χ3n) is 2.84. The van der Waals surface area contributed by atoms with Crippen LogP contribution in [0.15, 0.2) is 29.4 Å². The number of azide groups is 1. The lowest BCUT2D eigenvalue weighted by Crippen LogP contribution is -2.04. The van der Waals surface area contributed by atoms with Gasteiger partial charge in [0.2, 0.25) is 0 Å². The monoisotopic (exact) mass is 292 g/mol. The van der Waals surface area contributed by atoms with Crippen molar-refractivity contribution in [2.75, 3.05) is 6.61 Å². The van der Waals surface area contributed by atoms with Crippen LogP contribution in [0.4, 0.5) is 5.69 Å². The zero-order valence-electron chi connectivity index (χ0n) is 11.6. The zero-order chi connectivity index (χ0) is 15.7. The fraction of sp³-hybridized carbons (Fsp3) is 0.462. The van der Waals surface area contributed by atoms with E-state index in [2.05, 4.69) is 10.0 Å². The molecule has 1 rings (SSSR count). The molecule has 0 aliphatic heterocycles. The smallest absolute Gasteiger partial charge is 0.305 e. The molecule has 0 aliphatic carbocycles. The maximum atomic E-state index is 11.2. The Morgan fingerprint density at radius 1 is 1.48 bits per heavy atom. The predicted octanol–water partition coefficient (Wildman–Crippen LogP) is 3.68. The maximum Gasteiger partial charge on any atom is 0.305 e. The molecule has 0 aromatic heterocycles. The average Bonchev–Trinajstić information content (AvgIpc) is 2.47. The maximum absolute atomic E-state index is 11.2. The number of ether oxygens (including phenoxy) is 1. The number of carbonyl (C=O) groups is 1. The molecule has 0 aliphatic rings. The van der Waals surface area contributed by atoms with Gasteiger partial charge >= 0.3 is 5.97 Å². The van der Waals surface area contributed by atoms with Gasteiger partial charge in [0.05, 0.1) is 17.6 Å². The van der Waals surface area contributed by atoms with Crippen molar-refractivity contribution >= 4 is 11.7 Å². The number of hydrogen-bond acceptors (Lipinski definition) is 5. The fourth-order valence-electron chi connectivity index (χ4n) is 1.84. The van der Waals surface area contributed by atoms with E-state index < -0.39 is 11.0 Å². The summed E-state index contributed by atoms with van der Waals surface area (Å²) < 4.78 is 4.81. The number of esters is 1. The SMILES string of the molecule is CCOC(=O)CCCC(N=[N+]=[N-])c1ccc([N+](=O)[O-])cc1. The number of hydrogen-bond donors (Lipinski definition) is 0. The topological polar surface area (TPSA) is 118 Å². The van der Waals surface area contributed by atoms with Gasteiger partial charge in [-0.3, -0.25) is 14.9 Å². The van der Waals surface area contributed by atoms with Crippen LogP contribution < -0.4 is 0 Å². The van der Waals surface area contributed by atoms with Crippen LogP contribution in [-0.2, 0) is 9.53 Å². The number of rotatable bonds is 8. The molecule has 21 heavy (non-hydrogen) atoms. The summed E-state index contributed by atoms with van der Waals surface area (Å²) in [6.07, 6.45) is 1.23. The number of non-ortho nitro benzene ring substituents is 1. The summed E-state index contributed by atoms with van der Waals surface area (Å²) >= 11 is 0. The lowest BCUT2D eigenvalue weighted by Gasteiger charge is -2.11. The van der Waals surface area contributed by atoms with E-state index in [0.717, 1.165) is 0 Å². The van der Waals surface area contributed by atoms with Crippen molar-refractivity contribution in [3.63, 3.8) is 0 Å². The summed E-state index contributed by atoms with van der Waals surface area (Å²) in [5.41, 5.74) is 9.25. The first-order valence-corrected chi connectivity index (χ1v) is 6.52. The van der Waals surface area contributed by atoms with Gasteiger partial charge in [-0.15, -0.1) is 0 Å². The number of nitro groups is 1. The Morgan fingerprint density at radius 3 is 2.67 bits per heavy atom. The molecule has 0 N–H and O–H groups in total. The standard InChI is InChI=1S/C13H16N4O4/c1-2-21-13(18)5-3-4-12(15-16-14)10-6-8-11(9-7-10)17(19)20/h6-9,12H,2-5H2,1H3. The van der Waals surface area contributed by atoms with Gasteiger partial charge < -0.3 is 4.74 Å². The highest BCUT2D eigenvalue weighted by atomic mass is 16.6. The Morgan fingerprint density at radius 2 is 2.14 bits per heavy atom. The van der Waals surface area contributed by atoms with Crippen molar-refractivity contribution in [1.82, 2.24) is 0 Å². The lowest BCUT2D eigenvalue weighted by molar-refractivity contribution is -0.384.